The van der Waals surface area contributed by atoms with Crippen LogP contribution in [0.15, 0.2) is 29.4 Å². The first-order valence-corrected chi connectivity index (χ1v) is 6.81. The molecule has 2 aromatic rings. The summed E-state index contributed by atoms with van der Waals surface area (Å²) in [4.78, 5) is 23.9. The van der Waals surface area contributed by atoms with E-state index in [0.29, 0.717) is 10.8 Å². The van der Waals surface area contributed by atoms with Crippen LogP contribution in [-0.2, 0) is 0 Å². The molecule has 8 heteroatoms. The molecule has 0 saturated heterocycles. The van der Waals surface area contributed by atoms with Crippen molar-refractivity contribution in [3.63, 3.8) is 0 Å². The van der Waals surface area contributed by atoms with E-state index in [1.807, 2.05) is 0 Å². The maximum atomic E-state index is 12.0. The van der Waals surface area contributed by atoms with Crippen molar-refractivity contribution in [2.45, 2.75) is 5.03 Å². The van der Waals surface area contributed by atoms with Crippen LogP contribution in [0.25, 0.3) is 0 Å². The van der Waals surface area contributed by atoms with Gasteiger partial charge in [0, 0.05) is 6.20 Å². The standard InChI is InChI=1S/C11H10ClN5OS/c1-19-11-8(12)16-7(9(13)17-11)10(18)15-6-4-2-3-5-14-6/h2-5H,1H3,(H2,13,17)(H,14,15,18). The van der Waals surface area contributed by atoms with Crippen LogP contribution in [-0.4, -0.2) is 27.1 Å². The van der Waals surface area contributed by atoms with E-state index >= 15 is 0 Å². The van der Waals surface area contributed by atoms with E-state index in [4.69, 9.17) is 17.3 Å². The second-order valence-electron chi connectivity index (χ2n) is 3.43. The van der Waals surface area contributed by atoms with Gasteiger partial charge in [0.1, 0.15) is 10.8 Å². The Labute approximate surface area is 118 Å². The Morgan fingerprint density at radius 3 is 2.84 bits per heavy atom. The molecule has 0 aliphatic carbocycles. The number of hydrogen-bond donors (Lipinski definition) is 2. The Hall–Kier alpha value is -1.86. The number of aromatic nitrogens is 3. The van der Waals surface area contributed by atoms with Gasteiger partial charge >= 0.3 is 0 Å². The number of rotatable bonds is 3. The monoisotopic (exact) mass is 295 g/mol. The van der Waals surface area contributed by atoms with Gasteiger partial charge in [-0.2, -0.15) is 0 Å². The Morgan fingerprint density at radius 1 is 1.42 bits per heavy atom. The Morgan fingerprint density at radius 2 is 2.21 bits per heavy atom. The third-order valence-electron chi connectivity index (χ3n) is 2.17. The zero-order valence-electron chi connectivity index (χ0n) is 9.92. The second-order valence-corrected chi connectivity index (χ2v) is 4.58. The van der Waals surface area contributed by atoms with Gasteiger partial charge in [-0.25, -0.2) is 15.0 Å². The molecule has 0 unspecified atom stereocenters. The molecule has 0 bridgehead atoms. The van der Waals surface area contributed by atoms with Crippen molar-refractivity contribution >= 4 is 40.9 Å². The summed E-state index contributed by atoms with van der Waals surface area (Å²) in [6.07, 6.45) is 3.36. The molecule has 2 heterocycles. The number of nitrogen functional groups attached to an aromatic ring is 1. The molecule has 3 N–H and O–H groups in total. The number of nitrogens with zero attached hydrogens (tertiary/aromatic N) is 3. The first kappa shape index (κ1) is 13.6. The third-order valence-corrected chi connectivity index (χ3v) is 3.21. The van der Waals surface area contributed by atoms with Crippen molar-refractivity contribution in [1.82, 2.24) is 15.0 Å². The summed E-state index contributed by atoms with van der Waals surface area (Å²) in [5.74, 6) is -0.0702. The molecule has 0 aromatic carbocycles. The first-order chi connectivity index (χ1) is 9.11. The van der Waals surface area contributed by atoms with E-state index in [0.717, 1.165) is 0 Å². The zero-order chi connectivity index (χ0) is 13.8. The highest BCUT2D eigenvalue weighted by atomic mass is 35.5. The fourth-order valence-corrected chi connectivity index (χ4v) is 2.08. The topological polar surface area (TPSA) is 93.8 Å². The largest absolute Gasteiger partial charge is 0.382 e. The van der Waals surface area contributed by atoms with Crippen LogP contribution in [0.3, 0.4) is 0 Å². The molecular formula is C11H10ClN5OS. The molecule has 0 atom stereocenters. The average molecular weight is 296 g/mol. The van der Waals surface area contributed by atoms with Crippen LogP contribution < -0.4 is 11.1 Å². The predicted molar refractivity (Wildman–Crippen MR) is 75.4 cm³/mol. The van der Waals surface area contributed by atoms with E-state index in [1.165, 1.54) is 11.8 Å². The van der Waals surface area contributed by atoms with Gasteiger partial charge in [-0.1, -0.05) is 17.7 Å². The fourth-order valence-electron chi connectivity index (χ4n) is 1.32. The van der Waals surface area contributed by atoms with Gasteiger partial charge in [0.25, 0.3) is 5.91 Å². The highest BCUT2D eigenvalue weighted by Gasteiger charge is 2.17. The number of anilines is 2. The molecule has 1 amide bonds. The Bertz CT molecular complexity index is 608. The fraction of sp³-hybridized carbons (Fsp3) is 0.0909. The molecule has 2 rings (SSSR count). The lowest BCUT2D eigenvalue weighted by atomic mass is 10.3. The minimum Gasteiger partial charge on any atom is -0.382 e. The second kappa shape index (κ2) is 5.85. The van der Waals surface area contributed by atoms with Crippen LogP contribution in [0.4, 0.5) is 11.6 Å². The van der Waals surface area contributed by atoms with E-state index in [2.05, 4.69) is 20.3 Å². The summed E-state index contributed by atoms with van der Waals surface area (Å²) >= 11 is 7.21. The lowest BCUT2D eigenvalue weighted by Crippen LogP contribution is -2.18. The van der Waals surface area contributed by atoms with Gasteiger partial charge in [0.05, 0.1) is 0 Å². The van der Waals surface area contributed by atoms with Gasteiger partial charge in [0.15, 0.2) is 16.7 Å². The number of carbonyl (C=O) groups excluding carboxylic acids is 1. The van der Waals surface area contributed by atoms with Crippen LogP contribution in [0.5, 0.6) is 0 Å². The summed E-state index contributed by atoms with van der Waals surface area (Å²) < 4.78 is 0. The highest BCUT2D eigenvalue weighted by molar-refractivity contribution is 7.98. The third kappa shape index (κ3) is 3.12. The molecule has 6 nitrogen and oxygen atoms in total. The summed E-state index contributed by atoms with van der Waals surface area (Å²) in [5.41, 5.74) is 5.67. The summed E-state index contributed by atoms with van der Waals surface area (Å²) in [6, 6.07) is 5.15. The number of nitrogens with two attached hydrogens (primary N) is 1. The maximum absolute atomic E-state index is 12.0. The molecule has 0 spiro atoms. The smallest absolute Gasteiger partial charge is 0.279 e. The number of amides is 1. The number of nitrogens with one attached hydrogen (secondary N) is 1. The van der Waals surface area contributed by atoms with E-state index < -0.39 is 5.91 Å². The molecular weight excluding hydrogens is 286 g/mol. The predicted octanol–water partition coefficient (Wildman–Crippen LogP) is 2.08. The van der Waals surface area contributed by atoms with Gasteiger partial charge in [-0.3, -0.25) is 4.79 Å². The van der Waals surface area contributed by atoms with Crippen molar-refractivity contribution in [3.8, 4) is 0 Å². The van der Waals surface area contributed by atoms with E-state index in [-0.39, 0.29) is 16.7 Å². The Kier molecular flexibility index (Phi) is 4.18. The lowest BCUT2D eigenvalue weighted by molar-refractivity contribution is 0.102. The maximum Gasteiger partial charge on any atom is 0.279 e. The van der Waals surface area contributed by atoms with Crippen molar-refractivity contribution in [2.75, 3.05) is 17.3 Å². The minimum absolute atomic E-state index is 0.0200. The van der Waals surface area contributed by atoms with Gasteiger partial charge in [-0.05, 0) is 18.4 Å². The normalized spacial score (nSPS) is 10.2. The van der Waals surface area contributed by atoms with Crippen molar-refractivity contribution < 1.29 is 4.79 Å². The number of pyridine rings is 1. The highest BCUT2D eigenvalue weighted by Crippen LogP contribution is 2.23. The molecule has 19 heavy (non-hydrogen) atoms. The molecule has 98 valence electrons. The van der Waals surface area contributed by atoms with Crippen molar-refractivity contribution in [2.24, 2.45) is 0 Å². The zero-order valence-corrected chi connectivity index (χ0v) is 11.5. The molecule has 0 radical (unpaired) electrons. The van der Waals surface area contributed by atoms with E-state index in [1.54, 1.807) is 30.7 Å². The summed E-state index contributed by atoms with van der Waals surface area (Å²) in [6.45, 7) is 0. The van der Waals surface area contributed by atoms with E-state index in [9.17, 15) is 4.79 Å². The number of thioether (sulfide) groups is 1. The van der Waals surface area contributed by atoms with Crippen LogP contribution in [0.1, 0.15) is 10.5 Å². The summed E-state index contributed by atoms with van der Waals surface area (Å²) in [7, 11) is 0. The summed E-state index contributed by atoms with van der Waals surface area (Å²) in [5, 5.41) is 3.19. The molecule has 0 aliphatic heterocycles. The van der Waals surface area contributed by atoms with Crippen LogP contribution >= 0.6 is 23.4 Å². The molecule has 2 aromatic heterocycles. The molecule has 0 aliphatic rings. The van der Waals surface area contributed by atoms with Crippen LogP contribution in [0.2, 0.25) is 5.15 Å². The van der Waals surface area contributed by atoms with Gasteiger partial charge in [-0.15, -0.1) is 11.8 Å². The number of hydrogen-bond acceptors (Lipinski definition) is 6. The van der Waals surface area contributed by atoms with Gasteiger partial charge < -0.3 is 11.1 Å². The van der Waals surface area contributed by atoms with Gasteiger partial charge in [0.2, 0.25) is 0 Å². The number of halogens is 1. The van der Waals surface area contributed by atoms with Crippen molar-refractivity contribution in [1.29, 1.82) is 0 Å². The van der Waals surface area contributed by atoms with Crippen LogP contribution in [0, 0.1) is 0 Å². The minimum atomic E-state index is -0.502. The molecule has 0 saturated carbocycles. The molecule has 0 fully saturated rings. The Balaban J connectivity index is 2.27. The van der Waals surface area contributed by atoms with Crippen molar-refractivity contribution in [3.05, 3.63) is 35.2 Å². The lowest BCUT2D eigenvalue weighted by Gasteiger charge is -2.07. The average Bonchev–Trinajstić information content (AvgIpc) is 2.42. The first-order valence-electron chi connectivity index (χ1n) is 5.21. The SMILES string of the molecule is CSc1nc(N)c(C(=O)Nc2ccccn2)nc1Cl. The quantitative estimate of drug-likeness (QED) is 0.842. The number of carbonyl (C=O) groups is 1.